The summed E-state index contributed by atoms with van der Waals surface area (Å²) in [5.74, 6) is 0.0245. The largest absolute Gasteiger partial charge is 0.312 e. The highest BCUT2D eigenvalue weighted by atomic mass is 32.2. The molecule has 0 saturated heterocycles. The Balaban J connectivity index is 1.50. The minimum atomic E-state index is 0.0245. The molecule has 1 unspecified atom stereocenters. The fourth-order valence-electron chi connectivity index (χ4n) is 3.06. The Hall–Kier alpha value is -2.99. The second kappa shape index (κ2) is 7.94. The fourth-order valence-corrected chi connectivity index (χ4v) is 3.97. The van der Waals surface area contributed by atoms with Crippen molar-refractivity contribution in [1.29, 1.82) is 0 Å². The highest BCUT2D eigenvalue weighted by Gasteiger charge is 2.14. The lowest BCUT2D eigenvalue weighted by Crippen LogP contribution is -2.06. The summed E-state index contributed by atoms with van der Waals surface area (Å²) >= 11 is 1.65. The number of pyridine rings is 1. The van der Waals surface area contributed by atoms with E-state index in [0.29, 0.717) is 12.1 Å². The Bertz CT molecular complexity index is 1140. The maximum atomic E-state index is 12.8. The van der Waals surface area contributed by atoms with Gasteiger partial charge in [0.15, 0.2) is 10.9 Å². The molecular formula is C22H20N4OS. The van der Waals surface area contributed by atoms with E-state index in [0.717, 1.165) is 27.2 Å². The van der Waals surface area contributed by atoms with Gasteiger partial charge < -0.3 is 4.57 Å². The van der Waals surface area contributed by atoms with Gasteiger partial charge in [-0.2, -0.15) is 0 Å². The lowest BCUT2D eigenvalue weighted by molar-refractivity contribution is 0.0988. The number of hydrogen-bond acceptors (Lipinski definition) is 5. The van der Waals surface area contributed by atoms with Gasteiger partial charge >= 0.3 is 0 Å². The minimum absolute atomic E-state index is 0.0245. The van der Waals surface area contributed by atoms with Crippen LogP contribution in [0, 0.1) is 0 Å². The number of thioether (sulfide) groups is 1. The van der Waals surface area contributed by atoms with Crippen LogP contribution in [0.3, 0.4) is 0 Å². The second-order valence-electron chi connectivity index (χ2n) is 6.72. The molecule has 0 fully saturated rings. The molecule has 0 aliphatic heterocycles. The topological polar surface area (TPSA) is 60.7 Å². The van der Waals surface area contributed by atoms with Crippen molar-refractivity contribution in [3.05, 3.63) is 83.8 Å². The van der Waals surface area contributed by atoms with Crippen LogP contribution in [0.4, 0.5) is 0 Å². The molecule has 0 saturated carbocycles. The van der Waals surface area contributed by atoms with Gasteiger partial charge in [0, 0.05) is 24.1 Å². The van der Waals surface area contributed by atoms with E-state index >= 15 is 0 Å². The third kappa shape index (κ3) is 3.97. The van der Waals surface area contributed by atoms with Crippen LogP contribution < -0.4 is 0 Å². The zero-order valence-electron chi connectivity index (χ0n) is 15.7. The number of carbonyl (C=O) groups is 1. The number of aryl methyl sites for hydroxylation is 1. The Labute approximate surface area is 167 Å². The Morgan fingerprint density at radius 3 is 2.79 bits per heavy atom. The molecule has 6 heteroatoms. The van der Waals surface area contributed by atoms with E-state index in [4.69, 9.17) is 0 Å². The van der Waals surface area contributed by atoms with E-state index in [1.807, 2.05) is 54.1 Å². The van der Waals surface area contributed by atoms with Crippen LogP contribution in [-0.2, 0) is 13.5 Å². The van der Waals surface area contributed by atoms with E-state index in [-0.39, 0.29) is 11.0 Å². The van der Waals surface area contributed by atoms with Crippen LogP contribution in [0.2, 0.25) is 0 Å². The Morgan fingerprint density at radius 2 is 1.96 bits per heavy atom. The summed E-state index contributed by atoms with van der Waals surface area (Å²) < 4.78 is 1.90. The quantitative estimate of drug-likeness (QED) is 0.356. The molecule has 2 heterocycles. The average molecular weight is 388 g/mol. The highest BCUT2D eigenvalue weighted by molar-refractivity contribution is 7.99. The van der Waals surface area contributed by atoms with Gasteiger partial charge in [0.25, 0.3) is 0 Å². The van der Waals surface area contributed by atoms with Gasteiger partial charge in [-0.25, -0.2) is 4.98 Å². The van der Waals surface area contributed by atoms with Gasteiger partial charge in [-0.15, -0.1) is 10.2 Å². The van der Waals surface area contributed by atoms with Gasteiger partial charge in [-0.1, -0.05) is 60.3 Å². The number of Topliss-reactive ketones (excluding diaryl/α,β-unsaturated/α-hetero) is 1. The summed E-state index contributed by atoms with van der Waals surface area (Å²) in [7, 11) is 1.93. The summed E-state index contributed by atoms with van der Waals surface area (Å²) in [5, 5.41) is 10.2. The minimum Gasteiger partial charge on any atom is -0.312 e. The van der Waals surface area contributed by atoms with E-state index in [9.17, 15) is 4.79 Å². The first-order valence-electron chi connectivity index (χ1n) is 9.08. The molecule has 4 rings (SSSR count). The molecule has 2 aromatic heterocycles. The van der Waals surface area contributed by atoms with Crippen LogP contribution in [0.5, 0.6) is 0 Å². The number of para-hydroxylation sites is 1. The number of ketones is 1. The second-order valence-corrected chi connectivity index (χ2v) is 8.03. The van der Waals surface area contributed by atoms with Gasteiger partial charge in [-0.05, 0) is 30.2 Å². The van der Waals surface area contributed by atoms with Crippen LogP contribution in [-0.4, -0.2) is 25.5 Å². The Morgan fingerprint density at radius 1 is 1.11 bits per heavy atom. The molecule has 0 radical (unpaired) electrons. The summed E-state index contributed by atoms with van der Waals surface area (Å²) in [6, 6.07) is 19.7. The first-order chi connectivity index (χ1) is 13.6. The third-order valence-electron chi connectivity index (χ3n) is 4.62. The van der Waals surface area contributed by atoms with E-state index in [1.54, 1.807) is 24.2 Å². The van der Waals surface area contributed by atoms with Gasteiger partial charge in [-0.3, -0.25) is 4.79 Å². The van der Waals surface area contributed by atoms with Crippen molar-refractivity contribution in [3.8, 4) is 0 Å². The van der Waals surface area contributed by atoms with Crippen molar-refractivity contribution >= 4 is 28.4 Å². The number of hydrogen-bond donors (Lipinski definition) is 0. The van der Waals surface area contributed by atoms with Crippen LogP contribution >= 0.6 is 11.8 Å². The first kappa shape index (κ1) is 18.4. The van der Waals surface area contributed by atoms with Crippen molar-refractivity contribution in [2.24, 2.45) is 7.05 Å². The molecular weight excluding hydrogens is 368 g/mol. The van der Waals surface area contributed by atoms with Gasteiger partial charge in [0.1, 0.15) is 12.0 Å². The van der Waals surface area contributed by atoms with Crippen molar-refractivity contribution in [2.45, 2.75) is 23.8 Å². The average Bonchev–Trinajstić information content (AvgIpc) is 3.12. The molecule has 28 heavy (non-hydrogen) atoms. The molecule has 1 atom stereocenters. The molecule has 0 aliphatic carbocycles. The first-order valence-corrected chi connectivity index (χ1v) is 9.96. The number of fused-ring (bicyclic) bond motifs is 1. The molecule has 2 aromatic carbocycles. The normalized spacial score (nSPS) is 12.2. The molecule has 140 valence electrons. The smallest absolute Gasteiger partial charge is 0.191 e. The molecule has 0 spiro atoms. The molecule has 4 aromatic rings. The van der Waals surface area contributed by atoms with E-state index < -0.39 is 0 Å². The number of benzene rings is 2. The third-order valence-corrected chi connectivity index (χ3v) is 5.83. The SMILES string of the molecule is CC(Sc1nncn1C)c1cccc(CC(=O)c2ccc3ccccc3n2)c1. The molecule has 5 nitrogen and oxygen atoms in total. The number of aromatic nitrogens is 4. The highest BCUT2D eigenvalue weighted by Crippen LogP contribution is 2.33. The summed E-state index contributed by atoms with van der Waals surface area (Å²) in [6.07, 6.45) is 2.03. The maximum Gasteiger partial charge on any atom is 0.191 e. The lowest BCUT2D eigenvalue weighted by atomic mass is 10.0. The van der Waals surface area contributed by atoms with Crippen molar-refractivity contribution in [1.82, 2.24) is 19.7 Å². The standard InChI is InChI=1S/C22H20N4OS/c1-15(28-22-25-23-14-26(22)2)18-8-5-6-16(12-18)13-21(27)20-11-10-17-7-3-4-9-19(17)24-20/h3-12,14-15H,13H2,1-2H3. The number of nitrogens with zero attached hydrogens (tertiary/aromatic N) is 4. The van der Waals surface area contributed by atoms with Gasteiger partial charge in [0.2, 0.25) is 0 Å². The number of rotatable bonds is 6. The predicted octanol–water partition coefficient (Wildman–Crippen LogP) is 4.64. The summed E-state index contributed by atoms with van der Waals surface area (Å²) in [6.45, 7) is 2.13. The molecule has 0 bridgehead atoms. The Kier molecular flexibility index (Phi) is 5.21. The predicted molar refractivity (Wildman–Crippen MR) is 111 cm³/mol. The van der Waals surface area contributed by atoms with E-state index in [1.165, 1.54) is 0 Å². The summed E-state index contributed by atoms with van der Waals surface area (Å²) in [5.41, 5.74) is 3.49. The number of carbonyl (C=O) groups excluding carboxylic acids is 1. The lowest BCUT2D eigenvalue weighted by Gasteiger charge is -2.12. The molecule has 0 N–H and O–H groups in total. The molecule has 0 amide bonds. The van der Waals surface area contributed by atoms with Crippen molar-refractivity contribution in [2.75, 3.05) is 0 Å². The zero-order valence-corrected chi connectivity index (χ0v) is 16.6. The van der Waals surface area contributed by atoms with Crippen molar-refractivity contribution in [3.63, 3.8) is 0 Å². The van der Waals surface area contributed by atoms with Gasteiger partial charge in [0.05, 0.1) is 5.52 Å². The van der Waals surface area contributed by atoms with E-state index in [2.05, 4.69) is 34.2 Å². The van der Waals surface area contributed by atoms with Crippen LogP contribution in [0.15, 0.2) is 72.1 Å². The zero-order chi connectivity index (χ0) is 19.5. The fraction of sp³-hybridized carbons (Fsp3) is 0.182. The summed E-state index contributed by atoms with van der Waals surface area (Å²) in [4.78, 5) is 17.3. The van der Waals surface area contributed by atoms with Crippen LogP contribution in [0.1, 0.15) is 33.8 Å². The monoisotopic (exact) mass is 388 g/mol. The van der Waals surface area contributed by atoms with Crippen LogP contribution in [0.25, 0.3) is 10.9 Å². The van der Waals surface area contributed by atoms with Crippen molar-refractivity contribution < 1.29 is 4.79 Å². The molecule has 0 aliphatic rings. The maximum absolute atomic E-state index is 12.8.